The summed E-state index contributed by atoms with van der Waals surface area (Å²) < 4.78 is 4.99. The highest BCUT2D eigenvalue weighted by atomic mass is 33.1. The molecule has 1 atom stereocenters. The van der Waals surface area contributed by atoms with E-state index in [2.05, 4.69) is 24.5 Å². The highest BCUT2D eigenvalue weighted by molar-refractivity contribution is 8.76. The lowest BCUT2D eigenvalue weighted by molar-refractivity contribution is -0.137. The van der Waals surface area contributed by atoms with Crippen molar-refractivity contribution in [3.05, 3.63) is 0 Å². The van der Waals surface area contributed by atoms with Crippen LogP contribution in [0.5, 0.6) is 0 Å². The number of carbonyl (C=O) groups is 2. The second-order valence-electron chi connectivity index (χ2n) is 6.35. The van der Waals surface area contributed by atoms with Gasteiger partial charge in [0.25, 0.3) is 0 Å². The molecule has 0 saturated carbocycles. The molecule has 0 saturated heterocycles. The number of ether oxygens (including phenoxy) is 1. The van der Waals surface area contributed by atoms with Gasteiger partial charge in [-0.25, -0.2) is 0 Å². The number of aliphatic hydroxyl groups is 1. The molecule has 0 spiro atoms. The molecule has 2 amide bonds. The first-order chi connectivity index (χ1) is 12.3. The SMILES string of the molecule is CCC.COCC(C)(C)[C@@H](O)C(=O)NCCC(=O)NCCSSCCN. The van der Waals surface area contributed by atoms with E-state index in [0.717, 1.165) is 11.5 Å². The minimum Gasteiger partial charge on any atom is -0.384 e. The molecule has 0 aliphatic rings. The summed E-state index contributed by atoms with van der Waals surface area (Å²) in [6.07, 6.45) is 0.255. The minimum absolute atomic E-state index is 0.125. The molecule has 0 heterocycles. The van der Waals surface area contributed by atoms with Crippen LogP contribution in [0.25, 0.3) is 0 Å². The number of rotatable bonds is 13. The molecule has 156 valence electrons. The lowest BCUT2D eigenvalue weighted by Gasteiger charge is -2.28. The molecule has 0 radical (unpaired) electrons. The molecule has 0 aromatic heterocycles. The van der Waals surface area contributed by atoms with Gasteiger partial charge in [0.2, 0.25) is 11.8 Å². The quantitative estimate of drug-likeness (QED) is 0.267. The molecule has 9 heteroatoms. The first kappa shape index (κ1) is 27.7. The molecule has 5 N–H and O–H groups in total. The predicted molar refractivity (Wildman–Crippen MR) is 112 cm³/mol. The predicted octanol–water partition coefficient (Wildman–Crippen LogP) is 1.40. The van der Waals surface area contributed by atoms with Crippen molar-refractivity contribution in [3.8, 4) is 0 Å². The number of nitrogens with one attached hydrogen (secondary N) is 2. The van der Waals surface area contributed by atoms with Gasteiger partial charge in [0.1, 0.15) is 6.10 Å². The third kappa shape index (κ3) is 15.7. The zero-order valence-electron chi connectivity index (χ0n) is 16.8. The Morgan fingerprint density at radius 3 is 2.27 bits per heavy atom. The van der Waals surface area contributed by atoms with E-state index in [-0.39, 0.29) is 25.5 Å². The van der Waals surface area contributed by atoms with Crippen LogP contribution in [0.4, 0.5) is 0 Å². The van der Waals surface area contributed by atoms with Gasteiger partial charge in [0.05, 0.1) is 6.61 Å². The molecule has 0 rings (SSSR count). The van der Waals surface area contributed by atoms with Gasteiger partial charge in [-0.2, -0.15) is 0 Å². The summed E-state index contributed by atoms with van der Waals surface area (Å²) in [6, 6.07) is 0. The Balaban J connectivity index is 0. The maximum Gasteiger partial charge on any atom is 0.249 e. The van der Waals surface area contributed by atoms with Crippen molar-refractivity contribution in [1.82, 2.24) is 10.6 Å². The van der Waals surface area contributed by atoms with Crippen LogP contribution in [0.1, 0.15) is 40.5 Å². The van der Waals surface area contributed by atoms with Crippen LogP contribution in [0.2, 0.25) is 0 Å². The molecule has 0 aliphatic carbocycles. The second kappa shape index (κ2) is 17.9. The lowest BCUT2D eigenvalue weighted by atomic mass is 9.87. The van der Waals surface area contributed by atoms with Gasteiger partial charge < -0.3 is 26.2 Å². The van der Waals surface area contributed by atoms with Crippen LogP contribution in [-0.4, -0.2) is 67.9 Å². The maximum atomic E-state index is 11.8. The monoisotopic (exact) mass is 411 g/mol. The van der Waals surface area contributed by atoms with Crippen LogP contribution in [0.3, 0.4) is 0 Å². The minimum atomic E-state index is -1.18. The van der Waals surface area contributed by atoms with E-state index >= 15 is 0 Å². The highest BCUT2D eigenvalue weighted by Gasteiger charge is 2.33. The first-order valence-electron chi connectivity index (χ1n) is 8.92. The van der Waals surface area contributed by atoms with E-state index in [0.29, 0.717) is 13.1 Å². The molecule has 0 aromatic carbocycles. The molecule has 0 fully saturated rings. The lowest BCUT2D eigenvalue weighted by Crippen LogP contribution is -2.46. The van der Waals surface area contributed by atoms with Gasteiger partial charge in [0, 0.05) is 50.1 Å². The Hall–Kier alpha value is -0.480. The van der Waals surface area contributed by atoms with Crippen molar-refractivity contribution in [1.29, 1.82) is 0 Å². The summed E-state index contributed by atoms with van der Waals surface area (Å²) in [7, 11) is 4.87. The van der Waals surface area contributed by atoms with Crippen molar-refractivity contribution in [3.63, 3.8) is 0 Å². The molecular formula is C17H37N3O4S2. The average Bonchev–Trinajstić information content (AvgIpc) is 2.57. The van der Waals surface area contributed by atoms with Crippen molar-refractivity contribution < 1.29 is 19.4 Å². The van der Waals surface area contributed by atoms with Crippen LogP contribution < -0.4 is 16.4 Å². The molecule has 0 unspecified atom stereocenters. The van der Waals surface area contributed by atoms with Crippen LogP contribution >= 0.6 is 21.6 Å². The first-order valence-corrected chi connectivity index (χ1v) is 11.4. The number of methoxy groups -OCH3 is 1. The fraction of sp³-hybridized carbons (Fsp3) is 0.882. The van der Waals surface area contributed by atoms with E-state index in [9.17, 15) is 14.7 Å². The summed E-state index contributed by atoms with van der Waals surface area (Å²) in [5, 5.41) is 15.3. The largest absolute Gasteiger partial charge is 0.384 e. The summed E-state index contributed by atoms with van der Waals surface area (Å²) in [5.74, 6) is 1.09. The number of hydrogen-bond donors (Lipinski definition) is 4. The average molecular weight is 412 g/mol. The fourth-order valence-corrected chi connectivity index (χ4v) is 3.45. The summed E-state index contributed by atoms with van der Waals surface area (Å²) in [5.41, 5.74) is 4.69. The fourth-order valence-electron chi connectivity index (χ4n) is 1.69. The third-order valence-corrected chi connectivity index (χ3v) is 5.39. The molecular weight excluding hydrogens is 374 g/mol. The molecule has 26 heavy (non-hydrogen) atoms. The Morgan fingerprint density at radius 1 is 1.15 bits per heavy atom. The van der Waals surface area contributed by atoms with E-state index in [1.807, 2.05) is 0 Å². The van der Waals surface area contributed by atoms with Gasteiger partial charge in [-0.3, -0.25) is 9.59 Å². The topological polar surface area (TPSA) is 114 Å². The van der Waals surface area contributed by atoms with E-state index in [4.69, 9.17) is 10.5 Å². The van der Waals surface area contributed by atoms with Gasteiger partial charge in [-0.15, -0.1) is 0 Å². The summed E-state index contributed by atoms with van der Waals surface area (Å²) >= 11 is 0. The van der Waals surface area contributed by atoms with Crippen LogP contribution in [-0.2, 0) is 14.3 Å². The highest BCUT2D eigenvalue weighted by Crippen LogP contribution is 2.21. The number of hydrogen-bond acceptors (Lipinski definition) is 7. The summed E-state index contributed by atoms with van der Waals surface area (Å²) in [6.45, 7) is 9.43. The van der Waals surface area contributed by atoms with Crippen LogP contribution in [0, 0.1) is 5.41 Å². The normalized spacial score (nSPS) is 12.0. The molecule has 7 nitrogen and oxygen atoms in total. The van der Waals surface area contributed by atoms with E-state index in [1.54, 1.807) is 35.4 Å². The number of aliphatic hydroxyl groups excluding tert-OH is 1. The second-order valence-corrected chi connectivity index (χ2v) is 9.06. The van der Waals surface area contributed by atoms with Gasteiger partial charge >= 0.3 is 0 Å². The van der Waals surface area contributed by atoms with Crippen molar-refractivity contribution in [2.45, 2.75) is 46.6 Å². The van der Waals surface area contributed by atoms with Gasteiger partial charge in [0.15, 0.2) is 0 Å². The maximum absolute atomic E-state index is 11.8. The van der Waals surface area contributed by atoms with E-state index < -0.39 is 17.4 Å². The zero-order chi connectivity index (χ0) is 20.4. The van der Waals surface area contributed by atoms with Gasteiger partial charge in [-0.1, -0.05) is 55.7 Å². The van der Waals surface area contributed by atoms with Crippen LogP contribution in [0.15, 0.2) is 0 Å². The number of carbonyl (C=O) groups excluding carboxylic acids is 2. The molecule has 0 bridgehead atoms. The zero-order valence-corrected chi connectivity index (χ0v) is 18.4. The Bertz CT molecular complexity index is 372. The number of amides is 2. The Morgan fingerprint density at radius 2 is 1.73 bits per heavy atom. The van der Waals surface area contributed by atoms with Crippen molar-refractivity contribution in [2.24, 2.45) is 11.1 Å². The standard InChI is InChI=1S/C14H29N3O4S2.C3H8/c1-14(2,10-21-3)12(19)13(20)17-6-4-11(18)16-7-9-23-22-8-5-15;1-3-2/h12,19H,4-10,15H2,1-3H3,(H,16,18)(H,17,20);3H2,1-2H3/t12-;/m0./s1. The smallest absolute Gasteiger partial charge is 0.249 e. The van der Waals surface area contributed by atoms with Crippen molar-refractivity contribution >= 4 is 33.4 Å². The third-order valence-electron chi connectivity index (χ3n) is 2.95. The van der Waals surface area contributed by atoms with Gasteiger partial charge in [-0.05, 0) is 0 Å². The van der Waals surface area contributed by atoms with Crippen molar-refractivity contribution in [2.75, 3.05) is 44.9 Å². The Kier molecular flexibility index (Phi) is 19.1. The Labute approximate surface area is 166 Å². The van der Waals surface area contributed by atoms with E-state index in [1.165, 1.54) is 13.5 Å². The summed E-state index contributed by atoms with van der Waals surface area (Å²) in [4.78, 5) is 23.4. The number of nitrogens with two attached hydrogens (primary N) is 1. The molecule has 0 aliphatic heterocycles. The molecule has 0 aromatic rings.